The molecule has 1 aliphatic rings. The van der Waals surface area contributed by atoms with Gasteiger partial charge < -0.3 is 14.4 Å². The molecule has 0 amide bonds. The van der Waals surface area contributed by atoms with E-state index in [1.54, 1.807) is 0 Å². The van der Waals surface area contributed by atoms with E-state index in [0.717, 1.165) is 28.3 Å². The number of hydrogen-bond acceptors (Lipinski definition) is 4. The minimum Gasteiger partial charge on any atom is -0.454 e. The SMILES string of the molecule is CN(C)c1cccc(C(C#N)Cc2ccc3c(c2)OCO3)c1. The zero-order valence-corrected chi connectivity index (χ0v) is 12.7. The van der Waals surface area contributed by atoms with Crippen molar-refractivity contribution in [2.45, 2.75) is 12.3 Å². The Morgan fingerprint density at radius 1 is 1.14 bits per heavy atom. The summed E-state index contributed by atoms with van der Waals surface area (Å²) in [6.07, 6.45) is 0.657. The molecule has 112 valence electrons. The van der Waals surface area contributed by atoms with Crippen LogP contribution in [0.3, 0.4) is 0 Å². The zero-order chi connectivity index (χ0) is 15.5. The van der Waals surface area contributed by atoms with Crippen LogP contribution in [-0.4, -0.2) is 20.9 Å². The van der Waals surface area contributed by atoms with Gasteiger partial charge in [0.2, 0.25) is 6.79 Å². The number of fused-ring (bicyclic) bond motifs is 1. The summed E-state index contributed by atoms with van der Waals surface area (Å²) in [4.78, 5) is 2.04. The van der Waals surface area contributed by atoms with Crippen LogP contribution in [0.15, 0.2) is 42.5 Å². The fourth-order valence-corrected chi connectivity index (χ4v) is 2.56. The molecule has 0 aliphatic carbocycles. The molecule has 0 radical (unpaired) electrons. The summed E-state index contributed by atoms with van der Waals surface area (Å²) in [5, 5.41) is 9.54. The van der Waals surface area contributed by atoms with Crippen LogP contribution in [0.4, 0.5) is 5.69 Å². The number of ether oxygens (including phenoxy) is 2. The molecule has 1 heterocycles. The smallest absolute Gasteiger partial charge is 0.231 e. The predicted octanol–water partition coefficient (Wildman–Crippen LogP) is 3.33. The van der Waals surface area contributed by atoms with E-state index in [-0.39, 0.29) is 12.7 Å². The number of benzene rings is 2. The predicted molar refractivity (Wildman–Crippen MR) is 85.4 cm³/mol. The molecule has 0 bridgehead atoms. The molecule has 1 atom stereocenters. The molecule has 1 aliphatic heterocycles. The fraction of sp³-hybridized carbons (Fsp3) is 0.278. The molecule has 0 saturated carbocycles. The first-order valence-electron chi connectivity index (χ1n) is 7.23. The summed E-state index contributed by atoms with van der Waals surface area (Å²) in [6, 6.07) is 16.4. The number of nitriles is 1. The van der Waals surface area contributed by atoms with Gasteiger partial charge in [-0.15, -0.1) is 0 Å². The summed E-state index contributed by atoms with van der Waals surface area (Å²) < 4.78 is 10.7. The van der Waals surface area contributed by atoms with Crippen LogP contribution >= 0.6 is 0 Å². The lowest BCUT2D eigenvalue weighted by Gasteiger charge is -2.16. The van der Waals surface area contributed by atoms with Crippen molar-refractivity contribution >= 4 is 5.69 Å². The van der Waals surface area contributed by atoms with Gasteiger partial charge in [0.05, 0.1) is 12.0 Å². The first-order chi connectivity index (χ1) is 10.7. The van der Waals surface area contributed by atoms with Crippen molar-refractivity contribution in [3.63, 3.8) is 0 Å². The van der Waals surface area contributed by atoms with Crippen molar-refractivity contribution in [1.29, 1.82) is 5.26 Å². The zero-order valence-electron chi connectivity index (χ0n) is 12.7. The third kappa shape index (κ3) is 2.84. The molecule has 22 heavy (non-hydrogen) atoms. The monoisotopic (exact) mass is 294 g/mol. The third-order valence-corrected chi connectivity index (χ3v) is 3.82. The van der Waals surface area contributed by atoms with E-state index in [4.69, 9.17) is 9.47 Å². The van der Waals surface area contributed by atoms with Crippen LogP contribution in [0.1, 0.15) is 17.0 Å². The van der Waals surface area contributed by atoms with Gasteiger partial charge in [-0.3, -0.25) is 0 Å². The molecule has 3 rings (SSSR count). The molecule has 4 nitrogen and oxygen atoms in total. The topological polar surface area (TPSA) is 45.5 Å². The molecule has 0 fully saturated rings. The van der Waals surface area contributed by atoms with Crippen molar-refractivity contribution < 1.29 is 9.47 Å². The fourth-order valence-electron chi connectivity index (χ4n) is 2.56. The largest absolute Gasteiger partial charge is 0.454 e. The van der Waals surface area contributed by atoms with Gasteiger partial charge in [0.1, 0.15) is 0 Å². The highest BCUT2D eigenvalue weighted by Crippen LogP contribution is 2.34. The third-order valence-electron chi connectivity index (χ3n) is 3.82. The first kappa shape index (κ1) is 14.3. The lowest BCUT2D eigenvalue weighted by Crippen LogP contribution is -2.09. The quantitative estimate of drug-likeness (QED) is 0.867. The van der Waals surface area contributed by atoms with E-state index in [1.807, 2.05) is 55.4 Å². The highest BCUT2D eigenvalue weighted by molar-refractivity contribution is 5.50. The molecule has 2 aromatic carbocycles. The molecule has 0 saturated heterocycles. The Labute approximate surface area is 130 Å². The van der Waals surface area contributed by atoms with Crippen molar-refractivity contribution in [1.82, 2.24) is 0 Å². The standard InChI is InChI=1S/C18H18N2O2/c1-20(2)16-5-3-4-14(10-16)15(11-19)8-13-6-7-17-18(9-13)22-12-21-17/h3-7,9-10,15H,8,12H2,1-2H3. The maximum absolute atomic E-state index is 9.54. The van der Waals surface area contributed by atoms with Crippen LogP contribution in [0.25, 0.3) is 0 Å². The Hall–Kier alpha value is -2.67. The Balaban J connectivity index is 1.83. The van der Waals surface area contributed by atoms with Crippen molar-refractivity contribution in [2.75, 3.05) is 25.8 Å². The maximum Gasteiger partial charge on any atom is 0.231 e. The van der Waals surface area contributed by atoms with Gasteiger partial charge in [-0.1, -0.05) is 18.2 Å². The highest BCUT2D eigenvalue weighted by atomic mass is 16.7. The van der Waals surface area contributed by atoms with E-state index in [2.05, 4.69) is 12.1 Å². The minimum absolute atomic E-state index is 0.180. The second-order valence-electron chi connectivity index (χ2n) is 5.56. The Morgan fingerprint density at radius 3 is 2.73 bits per heavy atom. The second kappa shape index (κ2) is 5.98. The van der Waals surface area contributed by atoms with Gasteiger partial charge in [-0.25, -0.2) is 0 Å². The lowest BCUT2D eigenvalue weighted by atomic mass is 9.92. The van der Waals surface area contributed by atoms with Crippen molar-refractivity contribution in [2.24, 2.45) is 0 Å². The van der Waals surface area contributed by atoms with Crippen molar-refractivity contribution in [3.05, 3.63) is 53.6 Å². The number of rotatable bonds is 4. The van der Waals surface area contributed by atoms with Gasteiger partial charge in [-0.2, -0.15) is 5.26 Å². The summed E-state index contributed by atoms with van der Waals surface area (Å²) in [7, 11) is 4.00. The van der Waals surface area contributed by atoms with Crippen LogP contribution in [0.5, 0.6) is 11.5 Å². The number of anilines is 1. The number of hydrogen-bond donors (Lipinski definition) is 0. The molecule has 4 heteroatoms. The van der Waals surface area contributed by atoms with Crippen LogP contribution < -0.4 is 14.4 Å². The average Bonchev–Trinajstić information content (AvgIpc) is 3.00. The van der Waals surface area contributed by atoms with Crippen LogP contribution in [0, 0.1) is 11.3 Å². The normalized spacial score (nSPS) is 13.5. The molecule has 1 unspecified atom stereocenters. The number of nitrogens with zero attached hydrogens (tertiary/aromatic N) is 2. The van der Waals surface area contributed by atoms with Crippen molar-refractivity contribution in [3.8, 4) is 17.6 Å². The first-order valence-corrected chi connectivity index (χ1v) is 7.23. The molecule has 0 spiro atoms. The van der Waals surface area contributed by atoms with E-state index < -0.39 is 0 Å². The van der Waals surface area contributed by atoms with E-state index in [1.165, 1.54) is 0 Å². The van der Waals surface area contributed by atoms with Gasteiger partial charge in [0.25, 0.3) is 0 Å². The van der Waals surface area contributed by atoms with Gasteiger partial charge >= 0.3 is 0 Å². The Kier molecular flexibility index (Phi) is 3.88. The van der Waals surface area contributed by atoms with E-state index in [9.17, 15) is 5.26 Å². The lowest BCUT2D eigenvalue weighted by molar-refractivity contribution is 0.174. The summed E-state index contributed by atoms with van der Waals surface area (Å²) in [6.45, 7) is 0.269. The molecular weight excluding hydrogens is 276 g/mol. The van der Waals surface area contributed by atoms with Crippen LogP contribution in [-0.2, 0) is 6.42 Å². The maximum atomic E-state index is 9.54. The molecule has 0 aromatic heterocycles. The van der Waals surface area contributed by atoms with Crippen LogP contribution in [0.2, 0.25) is 0 Å². The minimum atomic E-state index is -0.180. The summed E-state index contributed by atoms with van der Waals surface area (Å²) >= 11 is 0. The van der Waals surface area contributed by atoms with Gasteiger partial charge in [0.15, 0.2) is 11.5 Å². The summed E-state index contributed by atoms with van der Waals surface area (Å²) in [5.74, 6) is 1.35. The molecule has 2 aromatic rings. The van der Waals surface area contributed by atoms with E-state index in [0.29, 0.717) is 6.42 Å². The highest BCUT2D eigenvalue weighted by Gasteiger charge is 2.17. The Morgan fingerprint density at radius 2 is 1.95 bits per heavy atom. The average molecular weight is 294 g/mol. The molecule has 0 N–H and O–H groups in total. The molecular formula is C18H18N2O2. The van der Waals surface area contributed by atoms with Gasteiger partial charge in [0, 0.05) is 19.8 Å². The van der Waals surface area contributed by atoms with Gasteiger partial charge in [-0.05, 0) is 41.8 Å². The Bertz CT molecular complexity index is 719. The van der Waals surface area contributed by atoms with E-state index >= 15 is 0 Å². The second-order valence-corrected chi connectivity index (χ2v) is 5.56. The summed E-state index contributed by atoms with van der Waals surface area (Å²) in [5.41, 5.74) is 3.21.